The van der Waals surface area contributed by atoms with Gasteiger partial charge < -0.3 is 4.98 Å². The van der Waals surface area contributed by atoms with Crippen LogP contribution < -0.4 is 0 Å². The minimum atomic E-state index is 0.674. The van der Waals surface area contributed by atoms with Gasteiger partial charge in [-0.15, -0.1) is 0 Å². The summed E-state index contributed by atoms with van der Waals surface area (Å²) in [6.07, 6.45) is 0. The van der Waals surface area contributed by atoms with Crippen molar-refractivity contribution in [2.75, 3.05) is 0 Å². The molecule has 0 saturated carbocycles. The number of aromatic amines is 1. The summed E-state index contributed by atoms with van der Waals surface area (Å²) in [5.74, 6) is 0. The molecule has 0 aliphatic rings. The van der Waals surface area contributed by atoms with Gasteiger partial charge in [-0.1, -0.05) is 18.2 Å². The van der Waals surface area contributed by atoms with E-state index in [1.54, 1.807) is 0 Å². The third-order valence-corrected chi connectivity index (χ3v) is 4.23. The summed E-state index contributed by atoms with van der Waals surface area (Å²) in [6, 6.07) is 18.3. The van der Waals surface area contributed by atoms with Gasteiger partial charge in [0.2, 0.25) is 0 Å². The Kier molecular flexibility index (Phi) is 2.92. The van der Waals surface area contributed by atoms with Crippen LogP contribution in [0.1, 0.15) is 17.0 Å². The first-order valence-corrected chi connectivity index (χ1v) is 7.56. The zero-order valence-corrected chi connectivity index (χ0v) is 13.0. The number of aryl methyl sites for hydroxylation is 2. The molecule has 0 aliphatic carbocycles. The van der Waals surface area contributed by atoms with Crippen molar-refractivity contribution in [3.63, 3.8) is 0 Å². The number of nitrogens with one attached hydrogen (secondary N) is 1. The summed E-state index contributed by atoms with van der Waals surface area (Å²) in [5, 5.41) is 11.4. The van der Waals surface area contributed by atoms with Gasteiger partial charge in [0.1, 0.15) is 0 Å². The van der Waals surface area contributed by atoms with E-state index in [4.69, 9.17) is 0 Å². The molecule has 3 nitrogen and oxygen atoms in total. The molecule has 0 unspecified atom stereocenters. The van der Waals surface area contributed by atoms with Crippen LogP contribution in [0.2, 0.25) is 0 Å². The maximum Gasteiger partial charge on any atom is 0.0991 e. The molecule has 0 saturated heterocycles. The number of nitriles is 1. The summed E-state index contributed by atoms with van der Waals surface area (Å²) < 4.78 is 0. The summed E-state index contributed by atoms with van der Waals surface area (Å²) in [4.78, 5) is 8.06. The molecule has 2 aromatic heterocycles. The van der Waals surface area contributed by atoms with E-state index in [1.165, 1.54) is 0 Å². The van der Waals surface area contributed by atoms with Crippen LogP contribution in [0.15, 0.2) is 48.5 Å². The largest absolute Gasteiger partial charge is 0.358 e. The lowest BCUT2D eigenvalue weighted by molar-refractivity contribution is 1.25. The standard InChI is InChI=1S/C20H15N3/c1-12-9-16(15-5-3-4-6-18(15)22-12)20-13(2)23-19-8-7-14(11-21)10-17(19)20/h3-10,23H,1-2H3. The Balaban J connectivity index is 2.15. The van der Waals surface area contributed by atoms with Crippen LogP contribution >= 0.6 is 0 Å². The topological polar surface area (TPSA) is 52.5 Å². The van der Waals surface area contributed by atoms with Crippen LogP contribution in [-0.4, -0.2) is 9.97 Å². The monoisotopic (exact) mass is 297 g/mol. The van der Waals surface area contributed by atoms with E-state index in [0.29, 0.717) is 5.56 Å². The number of H-pyrrole nitrogens is 1. The molecule has 0 bridgehead atoms. The first-order chi connectivity index (χ1) is 11.2. The van der Waals surface area contributed by atoms with E-state index in [0.717, 1.165) is 44.3 Å². The van der Waals surface area contributed by atoms with Crippen molar-refractivity contribution in [3.8, 4) is 17.2 Å². The number of hydrogen-bond acceptors (Lipinski definition) is 2. The summed E-state index contributed by atoms with van der Waals surface area (Å²) in [6.45, 7) is 4.09. The Morgan fingerprint density at radius 1 is 1.00 bits per heavy atom. The molecule has 2 aromatic carbocycles. The van der Waals surface area contributed by atoms with E-state index in [2.05, 4.69) is 35.1 Å². The quantitative estimate of drug-likeness (QED) is 0.545. The molecule has 3 heteroatoms. The second-order valence-corrected chi connectivity index (χ2v) is 5.83. The average Bonchev–Trinajstić information content (AvgIpc) is 2.88. The first-order valence-electron chi connectivity index (χ1n) is 7.56. The van der Waals surface area contributed by atoms with Crippen molar-refractivity contribution >= 4 is 21.8 Å². The zero-order chi connectivity index (χ0) is 16.0. The van der Waals surface area contributed by atoms with E-state index in [-0.39, 0.29) is 0 Å². The molecule has 0 amide bonds. The predicted octanol–water partition coefficient (Wildman–Crippen LogP) is 4.87. The van der Waals surface area contributed by atoms with Gasteiger partial charge >= 0.3 is 0 Å². The Bertz CT molecular complexity index is 1100. The maximum atomic E-state index is 9.21. The molecule has 0 radical (unpaired) electrons. The number of pyridine rings is 1. The Hall–Kier alpha value is -3.12. The molecular weight excluding hydrogens is 282 g/mol. The lowest BCUT2D eigenvalue weighted by Gasteiger charge is -2.09. The van der Waals surface area contributed by atoms with E-state index >= 15 is 0 Å². The second-order valence-electron chi connectivity index (χ2n) is 5.83. The summed E-state index contributed by atoms with van der Waals surface area (Å²) in [7, 11) is 0. The molecule has 2 heterocycles. The van der Waals surface area contributed by atoms with Crippen LogP contribution in [0.3, 0.4) is 0 Å². The van der Waals surface area contributed by atoms with E-state index in [9.17, 15) is 5.26 Å². The molecular formula is C20H15N3. The van der Waals surface area contributed by atoms with Crippen molar-refractivity contribution < 1.29 is 0 Å². The third-order valence-electron chi connectivity index (χ3n) is 4.23. The number of nitrogens with zero attached hydrogens (tertiary/aromatic N) is 2. The van der Waals surface area contributed by atoms with Crippen LogP contribution in [0.4, 0.5) is 0 Å². The molecule has 0 fully saturated rings. The lowest BCUT2D eigenvalue weighted by atomic mass is 9.97. The normalized spacial score (nSPS) is 11.0. The Labute approximate surface area is 134 Å². The molecule has 1 N–H and O–H groups in total. The van der Waals surface area contributed by atoms with Crippen LogP contribution in [0.25, 0.3) is 32.9 Å². The number of aromatic nitrogens is 2. The number of fused-ring (bicyclic) bond motifs is 2. The van der Waals surface area contributed by atoms with Crippen LogP contribution in [0.5, 0.6) is 0 Å². The highest BCUT2D eigenvalue weighted by molar-refractivity contribution is 6.05. The second kappa shape index (κ2) is 4.96. The van der Waals surface area contributed by atoms with Crippen molar-refractivity contribution in [1.29, 1.82) is 5.26 Å². The highest BCUT2D eigenvalue weighted by atomic mass is 14.7. The summed E-state index contributed by atoms with van der Waals surface area (Å²) in [5.41, 5.74) is 7.12. The fourth-order valence-corrected chi connectivity index (χ4v) is 3.26. The van der Waals surface area contributed by atoms with Gasteiger partial charge in [-0.2, -0.15) is 5.26 Å². The lowest BCUT2D eigenvalue weighted by Crippen LogP contribution is -1.89. The van der Waals surface area contributed by atoms with E-state index in [1.807, 2.05) is 43.3 Å². The fraction of sp³-hybridized carbons (Fsp3) is 0.100. The molecule has 0 aliphatic heterocycles. The minimum Gasteiger partial charge on any atom is -0.358 e. The van der Waals surface area contributed by atoms with Crippen molar-refractivity contribution in [3.05, 3.63) is 65.5 Å². The Morgan fingerprint density at radius 2 is 1.83 bits per heavy atom. The highest BCUT2D eigenvalue weighted by Crippen LogP contribution is 2.36. The van der Waals surface area contributed by atoms with Crippen LogP contribution in [0, 0.1) is 25.2 Å². The number of para-hydroxylation sites is 1. The molecule has 4 aromatic rings. The predicted molar refractivity (Wildman–Crippen MR) is 93.2 cm³/mol. The summed E-state index contributed by atoms with van der Waals surface area (Å²) >= 11 is 0. The molecule has 0 spiro atoms. The Morgan fingerprint density at radius 3 is 2.65 bits per heavy atom. The SMILES string of the molecule is Cc1cc(-c2c(C)[nH]c3ccc(C#N)cc23)c2ccccc2n1. The molecule has 110 valence electrons. The molecule has 4 rings (SSSR count). The fourth-order valence-electron chi connectivity index (χ4n) is 3.26. The van der Waals surface area contributed by atoms with Gasteiger partial charge in [-0.05, 0) is 49.7 Å². The van der Waals surface area contributed by atoms with Gasteiger partial charge in [0.25, 0.3) is 0 Å². The van der Waals surface area contributed by atoms with Gasteiger partial charge in [0.15, 0.2) is 0 Å². The number of benzene rings is 2. The van der Waals surface area contributed by atoms with Crippen molar-refractivity contribution in [2.45, 2.75) is 13.8 Å². The molecule has 23 heavy (non-hydrogen) atoms. The third kappa shape index (κ3) is 2.08. The highest BCUT2D eigenvalue weighted by Gasteiger charge is 2.14. The zero-order valence-electron chi connectivity index (χ0n) is 13.0. The van der Waals surface area contributed by atoms with Gasteiger partial charge in [-0.3, -0.25) is 4.98 Å². The van der Waals surface area contributed by atoms with Gasteiger partial charge in [0, 0.05) is 33.2 Å². The van der Waals surface area contributed by atoms with Crippen molar-refractivity contribution in [2.24, 2.45) is 0 Å². The maximum absolute atomic E-state index is 9.21. The van der Waals surface area contributed by atoms with Crippen molar-refractivity contribution in [1.82, 2.24) is 9.97 Å². The average molecular weight is 297 g/mol. The van der Waals surface area contributed by atoms with Crippen LogP contribution in [-0.2, 0) is 0 Å². The first kappa shape index (κ1) is 13.5. The molecule has 0 atom stereocenters. The number of rotatable bonds is 1. The van der Waals surface area contributed by atoms with Gasteiger partial charge in [0.05, 0.1) is 17.1 Å². The van der Waals surface area contributed by atoms with E-state index < -0.39 is 0 Å². The number of hydrogen-bond donors (Lipinski definition) is 1. The smallest absolute Gasteiger partial charge is 0.0991 e. The minimum absolute atomic E-state index is 0.674. The van der Waals surface area contributed by atoms with Gasteiger partial charge in [-0.25, -0.2) is 0 Å².